The molecule has 4 nitrogen and oxygen atoms in total. The van der Waals surface area contributed by atoms with Crippen molar-refractivity contribution in [2.24, 2.45) is 0 Å². The van der Waals surface area contributed by atoms with Gasteiger partial charge in [-0.05, 0) is 31.5 Å². The minimum atomic E-state index is -0.127. The smallest absolute Gasteiger partial charge is 0.327 e. The number of amides is 2. The Morgan fingerprint density at radius 3 is 2.89 bits per heavy atom. The van der Waals surface area contributed by atoms with Crippen LogP contribution >= 0.6 is 0 Å². The van der Waals surface area contributed by atoms with E-state index in [0.717, 1.165) is 22.6 Å². The van der Waals surface area contributed by atoms with Crippen molar-refractivity contribution in [2.45, 2.75) is 20.4 Å². The molecule has 4 heteroatoms. The fourth-order valence-corrected chi connectivity index (χ4v) is 2.40. The first-order chi connectivity index (χ1) is 9.16. The molecule has 3 rings (SSSR count). The molecular weight excluding hydrogens is 238 g/mol. The Hall–Kier alpha value is -2.36. The number of carbonyl (C=O) groups excluding carboxylic acids is 1. The standard InChI is InChI=1S/C15H15N3O/c1-10-5-6-13(11(2)8-10)18-14-12(4-3-7-16-14)9-17-15(18)19/h3-8H,9H2,1-2H3,(H,17,19). The summed E-state index contributed by atoms with van der Waals surface area (Å²) >= 11 is 0. The average molecular weight is 253 g/mol. The minimum Gasteiger partial charge on any atom is -0.333 e. The summed E-state index contributed by atoms with van der Waals surface area (Å²) in [5.74, 6) is 0.721. The number of pyridine rings is 1. The molecule has 2 aromatic rings. The molecule has 1 aliphatic rings. The molecule has 1 N–H and O–H groups in total. The monoisotopic (exact) mass is 253 g/mol. The van der Waals surface area contributed by atoms with Crippen LogP contribution in [0.25, 0.3) is 0 Å². The lowest BCUT2D eigenvalue weighted by Gasteiger charge is -2.29. The van der Waals surface area contributed by atoms with Gasteiger partial charge in [0, 0.05) is 18.3 Å². The zero-order chi connectivity index (χ0) is 13.4. The van der Waals surface area contributed by atoms with Gasteiger partial charge in [-0.2, -0.15) is 0 Å². The zero-order valence-electron chi connectivity index (χ0n) is 11.0. The Kier molecular flexibility index (Phi) is 2.71. The van der Waals surface area contributed by atoms with Gasteiger partial charge in [-0.3, -0.25) is 0 Å². The number of hydrogen-bond acceptors (Lipinski definition) is 2. The van der Waals surface area contributed by atoms with Crippen LogP contribution in [-0.2, 0) is 6.54 Å². The van der Waals surface area contributed by atoms with E-state index in [1.165, 1.54) is 5.56 Å². The normalized spacial score (nSPS) is 14.0. The maximum atomic E-state index is 12.2. The first-order valence-electron chi connectivity index (χ1n) is 6.26. The zero-order valence-corrected chi connectivity index (χ0v) is 11.0. The Morgan fingerprint density at radius 2 is 2.11 bits per heavy atom. The van der Waals surface area contributed by atoms with Gasteiger partial charge in [0.15, 0.2) is 0 Å². The minimum absolute atomic E-state index is 0.127. The topological polar surface area (TPSA) is 45.2 Å². The van der Waals surface area contributed by atoms with E-state index in [1.54, 1.807) is 11.1 Å². The first kappa shape index (κ1) is 11.7. The average Bonchev–Trinajstić information content (AvgIpc) is 2.40. The number of nitrogens with one attached hydrogen (secondary N) is 1. The van der Waals surface area contributed by atoms with Crippen molar-refractivity contribution in [3.63, 3.8) is 0 Å². The molecule has 1 aliphatic heterocycles. The summed E-state index contributed by atoms with van der Waals surface area (Å²) in [5.41, 5.74) is 4.15. The third kappa shape index (κ3) is 1.95. The number of aromatic nitrogens is 1. The molecule has 0 fully saturated rings. The van der Waals surface area contributed by atoms with Crippen LogP contribution in [0, 0.1) is 13.8 Å². The number of benzene rings is 1. The number of carbonyl (C=O) groups is 1. The van der Waals surface area contributed by atoms with Crippen molar-refractivity contribution in [2.75, 3.05) is 4.90 Å². The molecule has 0 spiro atoms. The number of anilines is 2. The lowest BCUT2D eigenvalue weighted by Crippen LogP contribution is -2.42. The van der Waals surface area contributed by atoms with Gasteiger partial charge in [0.25, 0.3) is 0 Å². The molecule has 0 aliphatic carbocycles. The second kappa shape index (κ2) is 4.39. The Morgan fingerprint density at radius 1 is 1.26 bits per heavy atom. The van der Waals surface area contributed by atoms with Crippen LogP contribution in [0.4, 0.5) is 16.3 Å². The highest BCUT2D eigenvalue weighted by molar-refractivity contribution is 6.01. The van der Waals surface area contributed by atoms with Gasteiger partial charge >= 0.3 is 6.03 Å². The molecule has 2 amide bonds. The van der Waals surface area contributed by atoms with Gasteiger partial charge in [0.05, 0.1) is 5.69 Å². The number of hydrogen-bond donors (Lipinski definition) is 1. The van der Waals surface area contributed by atoms with E-state index in [1.807, 2.05) is 38.1 Å². The quantitative estimate of drug-likeness (QED) is 0.849. The lowest BCUT2D eigenvalue weighted by atomic mass is 10.1. The van der Waals surface area contributed by atoms with Crippen molar-refractivity contribution in [3.8, 4) is 0 Å². The van der Waals surface area contributed by atoms with Gasteiger partial charge in [-0.1, -0.05) is 23.8 Å². The third-order valence-corrected chi connectivity index (χ3v) is 3.31. The summed E-state index contributed by atoms with van der Waals surface area (Å²) in [6.07, 6.45) is 1.72. The Bertz CT molecular complexity index is 652. The summed E-state index contributed by atoms with van der Waals surface area (Å²) < 4.78 is 0. The predicted molar refractivity (Wildman–Crippen MR) is 74.5 cm³/mol. The number of nitrogens with zero attached hydrogens (tertiary/aromatic N) is 2. The van der Waals surface area contributed by atoms with E-state index in [-0.39, 0.29) is 6.03 Å². The highest BCUT2D eigenvalue weighted by Gasteiger charge is 2.27. The van der Waals surface area contributed by atoms with E-state index >= 15 is 0 Å². The van der Waals surface area contributed by atoms with Crippen molar-refractivity contribution < 1.29 is 4.79 Å². The second-order valence-electron chi connectivity index (χ2n) is 4.77. The molecule has 0 radical (unpaired) electrons. The van der Waals surface area contributed by atoms with E-state index in [9.17, 15) is 4.79 Å². The number of aryl methyl sites for hydroxylation is 2. The van der Waals surface area contributed by atoms with Crippen LogP contribution in [0.3, 0.4) is 0 Å². The van der Waals surface area contributed by atoms with E-state index < -0.39 is 0 Å². The summed E-state index contributed by atoms with van der Waals surface area (Å²) in [7, 11) is 0. The molecule has 0 unspecified atom stereocenters. The van der Waals surface area contributed by atoms with Crippen molar-refractivity contribution >= 4 is 17.5 Å². The van der Waals surface area contributed by atoms with Gasteiger partial charge in [-0.25, -0.2) is 14.7 Å². The SMILES string of the molecule is Cc1ccc(N2C(=O)NCc3cccnc32)c(C)c1. The molecular formula is C15H15N3O. The van der Waals surface area contributed by atoms with Gasteiger partial charge in [0.2, 0.25) is 0 Å². The van der Waals surface area contributed by atoms with E-state index in [4.69, 9.17) is 0 Å². The molecule has 19 heavy (non-hydrogen) atoms. The molecule has 1 aromatic heterocycles. The van der Waals surface area contributed by atoms with Crippen LogP contribution < -0.4 is 10.2 Å². The highest BCUT2D eigenvalue weighted by Crippen LogP contribution is 2.32. The maximum absolute atomic E-state index is 12.2. The van der Waals surface area contributed by atoms with Gasteiger partial charge in [-0.15, -0.1) is 0 Å². The predicted octanol–water partition coefficient (Wildman–Crippen LogP) is 3.06. The lowest BCUT2D eigenvalue weighted by molar-refractivity contribution is 0.247. The number of fused-ring (bicyclic) bond motifs is 1. The summed E-state index contributed by atoms with van der Waals surface area (Å²) in [6, 6.07) is 9.79. The van der Waals surface area contributed by atoms with Crippen molar-refractivity contribution in [1.29, 1.82) is 0 Å². The van der Waals surface area contributed by atoms with Crippen molar-refractivity contribution in [1.82, 2.24) is 10.3 Å². The molecule has 0 bridgehead atoms. The van der Waals surface area contributed by atoms with E-state index in [0.29, 0.717) is 6.54 Å². The third-order valence-electron chi connectivity index (χ3n) is 3.31. The van der Waals surface area contributed by atoms with Crippen LogP contribution in [0.15, 0.2) is 36.5 Å². The molecule has 96 valence electrons. The summed E-state index contributed by atoms with van der Waals surface area (Å²) in [5, 5.41) is 2.88. The molecule has 2 heterocycles. The second-order valence-corrected chi connectivity index (χ2v) is 4.77. The first-order valence-corrected chi connectivity index (χ1v) is 6.26. The highest BCUT2D eigenvalue weighted by atomic mass is 16.2. The molecule has 1 aromatic carbocycles. The van der Waals surface area contributed by atoms with Crippen LogP contribution in [0.5, 0.6) is 0 Å². The Labute approximate surface area is 112 Å². The van der Waals surface area contributed by atoms with Crippen LogP contribution in [0.1, 0.15) is 16.7 Å². The largest absolute Gasteiger partial charge is 0.333 e. The molecule has 0 atom stereocenters. The summed E-state index contributed by atoms with van der Waals surface area (Å²) in [6.45, 7) is 4.58. The van der Waals surface area contributed by atoms with E-state index in [2.05, 4.69) is 16.4 Å². The molecule has 0 saturated heterocycles. The summed E-state index contributed by atoms with van der Waals surface area (Å²) in [4.78, 5) is 18.2. The van der Waals surface area contributed by atoms with Crippen LogP contribution in [0.2, 0.25) is 0 Å². The van der Waals surface area contributed by atoms with Gasteiger partial charge in [0.1, 0.15) is 5.82 Å². The fourth-order valence-electron chi connectivity index (χ4n) is 2.40. The molecule has 0 saturated carbocycles. The Balaban J connectivity index is 2.16. The fraction of sp³-hybridized carbons (Fsp3) is 0.200. The van der Waals surface area contributed by atoms with Gasteiger partial charge < -0.3 is 5.32 Å². The van der Waals surface area contributed by atoms with Crippen molar-refractivity contribution in [3.05, 3.63) is 53.2 Å². The van der Waals surface area contributed by atoms with Crippen LogP contribution in [-0.4, -0.2) is 11.0 Å². The number of rotatable bonds is 1. The maximum Gasteiger partial charge on any atom is 0.327 e. The number of urea groups is 1.